The highest BCUT2D eigenvalue weighted by Crippen LogP contribution is 2.35. The van der Waals surface area contributed by atoms with Gasteiger partial charge in [0, 0.05) is 11.1 Å². The van der Waals surface area contributed by atoms with Gasteiger partial charge in [-0.15, -0.1) is 0 Å². The first-order chi connectivity index (χ1) is 9.75. The molecule has 1 aliphatic rings. The molecule has 0 fully saturated rings. The van der Waals surface area contributed by atoms with Crippen LogP contribution in [0.2, 0.25) is 0 Å². The van der Waals surface area contributed by atoms with Crippen molar-refractivity contribution in [3.63, 3.8) is 0 Å². The van der Waals surface area contributed by atoms with Crippen LogP contribution in [0.15, 0.2) is 60.7 Å². The second kappa shape index (κ2) is 3.87. The molecule has 0 heterocycles. The van der Waals surface area contributed by atoms with E-state index in [1.165, 1.54) is 0 Å². The van der Waals surface area contributed by atoms with Gasteiger partial charge in [0.1, 0.15) is 0 Å². The van der Waals surface area contributed by atoms with Crippen molar-refractivity contribution in [1.82, 2.24) is 0 Å². The summed E-state index contributed by atoms with van der Waals surface area (Å²) >= 11 is 0. The van der Waals surface area contributed by atoms with Crippen molar-refractivity contribution in [2.45, 2.75) is 0 Å². The summed E-state index contributed by atoms with van der Waals surface area (Å²) in [5.74, 6) is -0.826. The molecule has 3 aromatic rings. The fourth-order valence-corrected chi connectivity index (χ4v) is 2.81. The predicted molar refractivity (Wildman–Crippen MR) is 78.0 cm³/mol. The number of hydrogen-bond donors (Lipinski definition) is 0. The molecule has 2 heteroatoms. The average molecular weight is 258 g/mol. The molecule has 0 spiro atoms. The molecule has 0 aromatic heterocycles. The van der Waals surface area contributed by atoms with E-state index < -0.39 is 11.6 Å². The van der Waals surface area contributed by atoms with Crippen LogP contribution in [0, 0.1) is 0 Å². The van der Waals surface area contributed by atoms with Gasteiger partial charge in [0.15, 0.2) is 0 Å². The Bertz CT molecular complexity index is 891. The maximum absolute atomic E-state index is 12.3. The highest BCUT2D eigenvalue weighted by molar-refractivity contribution is 6.53. The Morgan fingerprint density at radius 3 is 1.70 bits per heavy atom. The molecule has 2 nitrogen and oxygen atoms in total. The van der Waals surface area contributed by atoms with Crippen LogP contribution in [0.3, 0.4) is 0 Å². The van der Waals surface area contributed by atoms with Crippen molar-refractivity contribution in [3.8, 4) is 11.1 Å². The highest BCUT2D eigenvalue weighted by atomic mass is 16.2. The van der Waals surface area contributed by atoms with E-state index in [1.807, 2.05) is 48.5 Å². The van der Waals surface area contributed by atoms with Crippen molar-refractivity contribution >= 4 is 22.3 Å². The number of ketones is 2. The largest absolute Gasteiger partial charge is 0.285 e. The van der Waals surface area contributed by atoms with Gasteiger partial charge in [-0.05, 0) is 34.0 Å². The van der Waals surface area contributed by atoms with E-state index in [0.717, 1.165) is 21.9 Å². The summed E-state index contributed by atoms with van der Waals surface area (Å²) in [6.07, 6.45) is 0. The third kappa shape index (κ3) is 1.39. The third-order valence-electron chi connectivity index (χ3n) is 3.80. The average Bonchev–Trinajstić information content (AvgIpc) is 2.51. The highest BCUT2D eigenvalue weighted by Gasteiger charge is 2.30. The third-order valence-corrected chi connectivity index (χ3v) is 3.80. The Hall–Kier alpha value is -2.74. The second-order valence-corrected chi connectivity index (χ2v) is 4.95. The van der Waals surface area contributed by atoms with Crippen LogP contribution < -0.4 is 0 Å². The number of carbonyl (C=O) groups excluding carboxylic acids is 2. The molecule has 1 aliphatic carbocycles. The summed E-state index contributed by atoms with van der Waals surface area (Å²) < 4.78 is 0. The minimum Gasteiger partial charge on any atom is -0.285 e. The van der Waals surface area contributed by atoms with Crippen LogP contribution >= 0.6 is 0 Å². The molecule has 0 bridgehead atoms. The minimum atomic E-state index is -0.414. The van der Waals surface area contributed by atoms with Crippen molar-refractivity contribution in [2.24, 2.45) is 0 Å². The molecule has 0 saturated heterocycles. The molecule has 0 atom stereocenters. The molecule has 0 radical (unpaired) electrons. The summed E-state index contributed by atoms with van der Waals surface area (Å²) in [5, 5.41) is 2.05. The van der Waals surface area contributed by atoms with Gasteiger partial charge in [0.05, 0.1) is 0 Å². The lowest BCUT2D eigenvalue weighted by Gasteiger charge is -2.18. The number of Topliss-reactive ketones (excluding diaryl/α,β-unsaturated/α-hetero) is 2. The molecule has 20 heavy (non-hydrogen) atoms. The van der Waals surface area contributed by atoms with E-state index in [9.17, 15) is 9.59 Å². The Kier molecular flexibility index (Phi) is 2.15. The van der Waals surface area contributed by atoms with E-state index >= 15 is 0 Å². The van der Waals surface area contributed by atoms with Gasteiger partial charge in [-0.3, -0.25) is 9.59 Å². The van der Waals surface area contributed by atoms with E-state index in [2.05, 4.69) is 0 Å². The van der Waals surface area contributed by atoms with E-state index in [-0.39, 0.29) is 0 Å². The maximum atomic E-state index is 12.3. The minimum absolute atomic E-state index is 0.413. The fraction of sp³-hybridized carbons (Fsp3) is 0. The molecule has 0 N–H and O–H groups in total. The first kappa shape index (κ1) is 11.1. The Morgan fingerprint density at radius 1 is 0.500 bits per heavy atom. The van der Waals surface area contributed by atoms with Crippen molar-refractivity contribution < 1.29 is 9.59 Å². The lowest BCUT2D eigenvalue weighted by Crippen LogP contribution is -2.21. The number of benzene rings is 3. The van der Waals surface area contributed by atoms with Crippen molar-refractivity contribution in [2.75, 3.05) is 0 Å². The van der Waals surface area contributed by atoms with Gasteiger partial charge < -0.3 is 0 Å². The molecule has 94 valence electrons. The molecule has 3 aromatic carbocycles. The molecular formula is C18H10O2. The van der Waals surface area contributed by atoms with E-state index in [4.69, 9.17) is 0 Å². The maximum Gasteiger partial charge on any atom is 0.234 e. The lowest BCUT2D eigenvalue weighted by atomic mass is 9.83. The molecule has 0 amide bonds. The normalized spacial score (nSPS) is 13.2. The predicted octanol–water partition coefficient (Wildman–Crippen LogP) is 3.89. The Labute approximate surface area is 115 Å². The topological polar surface area (TPSA) is 34.1 Å². The van der Waals surface area contributed by atoms with Crippen LogP contribution in [0.1, 0.15) is 20.7 Å². The zero-order chi connectivity index (χ0) is 13.7. The van der Waals surface area contributed by atoms with Crippen LogP contribution in [0.25, 0.3) is 21.9 Å². The van der Waals surface area contributed by atoms with Crippen LogP contribution in [-0.2, 0) is 0 Å². The number of fused-ring (bicyclic) bond motifs is 4. The fourth-order valence-electron chi connectivity index (χ4n) is 2.81. The number of carbonyl (C=O) groups is 2. The van der Waals surface area contributed by atoms with Gasteiger partial charge in [-0.1, -0.05) is 48.5 Å². The zero-order valence-electron chi connectivity index (χ0n) is 10.6. The summed E-state index contributed by atoms with van der Waals surface area (Å²) in [5.41, 5.74) is 2.70. The summed E-state index contributed by atoms with van der Waals surface area (Å²) in [7, 11) is 0. The first-order valence-electron chi connectivity index (χ1n) is 6.47. The standard InChI is InChI=1S/C18H10O2/c19-17-14-8-4-3-7-13(14)15-9-11-5-1-2-6-12(11)10-16(15)18(17)20/h1-10H. The van der Waals surface area contributed by atoms with Crippen LogP contribution in [-0.4, -0.2) is 11.6 Å². The molecule has 4 rings (SSSR count). The van der Waals surface area contributed by atoms with Crippen LogP contribution in [0.5, 0.6) is 0 Å². The Morgan fingerprint density at radius 2 is 1.00 bits per heavy atom. The van der Waals surface area contributed by atoms with Crippen molar-refractivity contribution in [1.29, 1.82) is 0 Å². The van der Waals surface area contributed by atoms with Crippen molar-refractivity contribution in [3.05, 3.63) is 71.8 Å². The second-order valence-electron chi connectivity index (χ2n) is 4.95. The lowest BCUT2D eigenvalue weighted by molar-refractivity contribution is 0.0815. The molecule has 0 aliphatic heterocycles. The zero-order valence-corrected chi connectivity index (χ0v) is 10.6. The smallest absolute Gasteiger partial charge is 0.234 e. The summed E-state index contributed by atoms with van der Waals surface area (Å²) in [6.45, 7) is 0. The number of hydrogen-bond acceptors (Lipinski definition) is 2. The van der Waals surface area contributed by atoms with Gasteiger partial charge in [0.25, 0.3) is 0 Å². The van der Waals surface area contributed by atoms with Crippen LogP contribution in [0.4, 0.5) is 0 Å². The molecule has 0 saturated carbocycles. The Balaban J connectivity index is 2.15. The summed E-state index contributed by atoms with van der Waals surface area (Å²) in [4.78, 5) is 24.4. The van der Waals surface area contributed by atoms with Gasteiger partial charge in [-0.25, -0.2) is 0 Å². The first-order valence-corrected chi connectivity index (χ1v) is 6.47. The van der Waals surface area contributed by atoms with E-state index in [0.29, 0.717) is 11.1 Å². The SMILES string of the molecule is O=C1C(=O)c2cc3ccccc3cc2-c2ccccc21. The van der Waals surface area contributed by atoms with Gasteiger partial charge >= 0.3 is 0 Å². The number of rotatable bonds is 0. The quantitative estimate of drug-likeness (QED) is 0.573. The van der Waals surface area contributed by atoms with Gasteiger partial charge in [-0.2, -0.15) is 0 Å². The molecular weight excluding hydrogens is 248 g/mol. The summed E-state index contributed by atoms with van der Waals surface area (Å²) in [6, 6.07) is 19.0. The monoisotopic (exact) mass is 258 g/mol. The molecule has 0 unspecified atom stereocenters. The van der Waals surface area contributed by atoms with Gasteiger partial charge in [0.2, 0.25) is 11.6 Å². The van der Waals surface area contributed by atoms with E-state index in [1.54, 1.807) is 12.1 Å².